The van der Waals surface area contributed by atoms with Gasteiger partial charge in [0.25, 0.3) is 0 Å². The van der Waals surface area contributed by atoms with Gasteiger partial charge in [-0.05, 0) is 5.56 Å². The molecule has 90 valence electrons. The van der Waals surface area contributed by atoms with E-state index in [4.69, 9.17) is 14.4 Å². The number of nitrogens with one attached hydrogen (secondary N) is 1. The van der Waals surface area contributed by atoms with Crippen LogP contribution in [-0.2, 0) is 11.3 Å². The molecule has 1 amide bonds. The van der Waals surface area contributed by atoms with Crippen LogP contribution in [-0.4, -0.2) is 11.1 Å². The Hall–Kier alpha value is -2.81. The third-order valence-electron chi connectivity index (χ3n) is 2.10. The van der Waals surface area contributed by atoms with Crippen LogP contribution in [0.15, 0.2) is 41.1 Å². The predicted octanol–water partition coefficient (Wildman–Crippen LogP) is 2.29. The van der Waals surface area contributed by atoms with Crippen molar-refractivity contribution >= 4 is 12.0 Å². The molecule has 0 bridgehead atoms. The number of hydrogen-bond donors (Lipinski definition) is 1. The van der Waals surface area contributed by atoms with Crippen molar-refractivity contribution in [2.75, 3.05) is 5.32 Å². The van der Waals surface area contributed by atoms with E-state index in [-0.39, 0.29) is 18.2 Å². The van der Waals surface area contributed by atoms with Crippen LogP contribution >= 0.6 is 0 Å². The second-order valence-electron chi connectivity index (χ2n) is 3.33. The molecular weight excluding hydrogens is 234 g/mol. The lowest BCUT2D eigenvalue weighted by atomic mass is 10.2. The summed E-state index contributed by atoms with van der Waals surface area (Å²) < 4.78 is 9.79. The molecule has 0 saturated heterocycles. The van der Waals surface area contributed by atoms with Crippen LogP contribution in [0.1, 0.15) is 11.3 Å². The van der Waals surface area contributed by atoms with E-state index in [1.54, 1.807) is 6.07 Å². The smallest absolute Gasteiger partial charge is 0.414 e. The van der Waals surface area contributed by atoms with Crippen LogP contribution in [0.2, 0.25) is 0 Å². The molecule has 1 aromatic carbocycles. The average molecular weight is 243 g/mol. The minimum absolute atomic E-state index is 0.00617. The van der Waals surface area contributed by atoms with Crippen LogP contribution in [0.5, 0.6) is 0 Å². The van der Waals surface area contributed by atoms with Gasteiger partial charge in [-0.2, -0.15) is 5.26 Å². The SMILES string of the molecule is N#Cc1ncoc1NC(=O)OCc1ccccc1. The topological polar surface area (TPSA) is 88.2 Å². The van der Waals surface area contributed by atoms with Gasteiger partial charge in [-0.3, -0.25) is 5.32 Å². The summed E-state index contributed by atoms with van der Waals surface area (Å²) in [5, 5.41) is 11.0. The quantitative estimate of drug-likeness (QED) is 0.893. The first-order valence-electron chi connectivity index (χ1n) is 5.11. The zero-order valence-corrected chi connectivity index (χ0v) is 9.29. The zero-order valence-electron chi connectivity index (χ0n) is 9.29. The van der Waals surface area contributed by atoms with E-state index >= 15 is 0 Å². The van der Waals surface area contributed by atoms with Gasteiger partial charge in [-0.25, -0.2) is 9.78 Å². The molecule has 6 nitrogen and oxygen atoms in total. The maximum atomic E-state index is 11.4. The number of nitrogens with zero attached hydrogens (tertiary/aromatic N) is 2. The van der Waals surface area contributed by atoms with Crippen LogP contribution in [0.4, 0.5) is 10.7 Å². The van der Waals surface area contributed by atoms with E-state index in [1.807, 2.05) is 30.3 Å². The average Bonchev–Trinajstić information content (AvgIpc) is 2.85. The van der Waals surface area contributed by atoms with Crippen LogP contribution in [0, 0.1) is 11.3 Å². The number of nitriles is 1. The van der Waals surface area contributed by atoms with Gasteiger partial charge in [-0.15, -0.1) is 0 Å². The van der Waals surface area contributed by atoms with Gasteiger partial charge >= 0.3 is 6.09 Å². The second-order valence-corrected chi connectivity index (χ2v) is 3.33. The standard InChI is InChI=1S/C12H9N3O3/c13-6-10-11(18-8-14-10)15-12(16)17-7-9-4-2-1-3-5-9/h1-5,8H,7H2,(H,15,16). The number of carbonyl (C=O) groups is 1. The molecule has 1 heterocycles. The molecule has 0 fully saturated rings. The number of benzene rings is 1. The zero-order chi connectivity index (χ0) is 12.8. The maximum Gasteiger partial charge on any atom is 0.414 e. The first-order chi connectivity index (χ1) is 8.79. The molecular formula is C12H9N3O3. The van der Waals surface area contributed by atoms with Gasteiger partial charge in [0.05, 0.1) is 0 Å². The third kappa shape index (κ3) is 2.86. The monoisotopic (exact) mass is 243 g/mol. The van der Waals surface area contributed by atoms with Crippen molar-refractivity contribution in [1.29, 1.82) is 5.26 Å². The summed E-state index contributed by atoms with van der Waals surface area (Å²) in [5.74, 6) is -0.0180. The Morgan fingerprint density at radius 1 is 1.44 bits per heavy atom. The minimum Gasteiger partial charge on any atom is -0.444 e. The fourth-order valence-corrected chi connectivity index (χ4v) is 1.27. The van der Waals surface area contributed by atoms with Crippen LogP contribution in [0.3, 0.4) is 0 Å². The van der Waals surface area contributed by atoms with Crippen molar-refractivity contribution in [3.05, 3.63) is 48.0 Å². The molecule has 0 spiro atoms. The highest BCUT2D eigenvalue weighted by atomic mass is 16.5. The number of rotatable bonds is 3. The first kappa shape index (κ1) is 11.7. The molecule has 0 aliphatic heterocycles. The summed E-state index contributed by atoms with van der Waals surface area (Å²) in [6, 6.07) is 11.0. The molecule has 0 unspecified atom stereocenters. The lowest BCUT2D eigenvalue weighted by Gasteiger charge is -2.04. The number of ether oxygens (including phenoxy) is 1. The molecule has 18 heavy (non-hydrogen) atoms. The molecule has 1 aromatic heterocycles. The summed E-state index contributed by atoms with van der Waals surface area (Å²) in [4.78, 5) is 15.0. The maximum absolute atomic E-state index is 11.4. The summed E-state index contributed by atoms with van der Waals surface area (Å²) in [6.07, 6.45) is 0.373. The molecule has 1 N–H and O–H groups in total. The second kappa shape index (κ2) is 5.50. The van der Waals surface area contributed by atoms with Crippen molar-refractivity contribution in [2.45, 2.75) is 6.61 Å². The largest absolute Gasteiger partial charge is 0.444 e. The van der Waals surface area contributed by atoms with Gasteiger partial charge in [0, 0.05) is 0 Å². The first-order valence-corrected chi connectivity index (χ1v) is 5.11. The molecule has 0 aliphatic carbocycles. The van der Waals surface area contributed by atoms with Crippen molar-refractivity contribution < 1.29 is 13.9 Å². The Balaban J connectivity index is 1.88. The summed E-state index contributed by atoms with van der Waals surface area (Å²) in [5.41, 5.74) is 0.873. The van der Waals surface area contributed by atoms with Gasteiger partial charge < -0.3 is 9.15 Å². The Morgan fingerprint density at radius 2 is 2.22 bits per heavy atom. The summed E-state index contributed by atoms with van der Waals surface area (Å²) in [7, 11) is 0. The molecule has 0 aliphatic rings. The number of carbonyl (C=O) groups excluding carboxylic acids is 1. The van der Waals surface area contributed by atoms with Gasteiger partial charge in [0.1, 0.15) is 12.7 Å². The molecule has 0 radical (unpaired) electrons. The Morgan fingerprint density at radius 3 is 2.94 bits per heavy atom. The van der Waals surface area contributed by atoms with E-state index in [0.717, 1.165) is 12.0 Å². The van der Waals surface area contributed by atoms with Gasteiger partial charge in [0.15, 0.2) is 6.39 Å². The van der Waals surface area contributed by atoms with Crippen LogP contribution < -0.4 is 5.32 Å². The molecule has 6 heteroatoms. The lowest BCUT2D eigenvalue weighted by molar-refractivity contribution is 0.154. The van der Waals surface area contributed by atoms with Crippen molar-refractivity contribution in [2.24, 2.45) is 0 Å². The van der Waals surface area contributed by atoms with Gasteiger partial charge in [-0.1, -0.05) is 30.3 Å². The fraction of sp³-hybridized carbons (Fsp3) is 0.0833. The number of anilines is 1. The van der Waals surface area contributed by atoms with Gasteiger partial charge in [0.2, 0.25) is 11.6 Å². The minimum atomic E-state index is -0.702. The Bertz CT molecular complexity index is 572. The number of aromatic nitrogens is 1. The van der Waals surface area contributed by atoms with E-state index in [0.29, 0.717) is 0 Å². The van der Waals surface area contributed by atoms with E-state index in [2.05, 4.69) is 10.3 Å². The fourth-order valence-electron chi connectivity index (χ4n) is 1.27. The molecule has 2 aromatic rings. The normalized spacial score (nSPS) is 9.50. The van der Waals surface area contributed by atoms with Crippen molar-refractivity contribution in [3.8, 4) is 6.07 Å². The Kier molecular flexibility index (Phi) is 3.56. The summed E-state index contributed by atoms with van der Waals surface area (Å²) in [6.45, 7) is 0.142. The Labute approximate surface area is 103 Å². The number of hydrogen-bond acceptors (Lipinski definition) is 5. The van der Waals surface area contributed by atoms with E-state index < -0.39 is 6.09 Å². The lowest BCUT2D eigenvalue weighted by Crippen LogP contribution is -2.13. The van der Waals surface area contributed by atoms with Crippen LogP contribution in [0.25, 0.3) is 0 Å². The molecule has 0 atom stereocenters. The van der Waals surface area contributed by atoms with Crippen molar-refractivity contribution in [3.63, 3.8) is 0 Å². The van der Waals surface area contributed by atoms with Crippen molar-refractivity contribution in [1.82, 2.24) is 4.98 Å². The number of amides is 1. The molecule has 0 saturated carbocycles. The summed E-state index contributed by atoms with van der Waals surface area (Å²) >= 11 is 0. The number of oxazole rings is 1. The predicted molar refractivity (Wildman–Crippen MR) is 61.5 cm³/mol. The highest BCUT2D eigenvalue weighted by Crippen LogP contribution is 2.12. The highest BCUT2D eigenvalue weighted by Gasteiger charge is 2.11. The highest BCUT2D eigenvalue weighted by molar-refractivity contribution is 5.83. The molecule has 2 rings (SSSR count). The van der Waals surface area contributed by atoms with E-state index in [9.17, 15) is 4.79 Å². The third-order valence-corrected chi connectivity index (χ3v) is 2.10. The van der Waals surface area contributed by atoms with E-state index in [1.165, 1.54) is 0 Å².